The van der Waals surface area contributed by atoms with E-state index in [-0.39, 0.29) is 0 Å². The van der Waals surface area contributed by atoms with Crippen molar-refractivity contribution in [3.05, 3.63) is 241 Å². The highest BCUT2D eigenvalue weighted by molar-refractivity contribution is 6.05. The van der Waals surface area contributed by atoms with Gasteiger partial charge in [0.2, 0.25) is 0 Å². The zero-order valence-electron chi connectivity index (χ0n) is 32.6. The van der Waals surface area contributed by atoms with Crippen LogP contribution in [0.3, 0.4) is 0 Å². The zero-order chi connectivity index (χ0) is 39.6. The molecule has 280 valence electrons. The standard InChI is InChI=1S/C57H36N2O/c1-3-14-37(15-4-1)38-26-28-40(29-27-38)51-36-52(59-56(58-51)41-17-5-2-6-18-41)44-20-13-19-42(34-44)43-30-32-46-50(35-43)57(49-33-31-39-16-7-8-21-45(39)55(46)49)47-22-9-11-24-53(47)60-54-25-12-10-23-48(54)57/h1-36H. The predicted molar refractivity (Wildman–Crippen MR) is 244 cm³/mol. The van der Waals surface area contributed by atoms with Gasteiger partial charge in [-0.2, -0.15) is 0 Å². The molecule has 0 N–H and O–H groups in total. The number of para-hydroxylation sites is 2. The van der Waals surface area contributed by atoms with Crippen LogP contribution in [0.25, 0.3) is 78.1 Å². The average molecular weight is 765 g/mol. The van der Waals surface area contributed by atoms with Crippen molar-refractivity contribution >= 4 is 10.8 Å². The van der Waals surface area contributed by atoms with E-state index < -0.39 is 5.41 Å². The number of rotatable bonds is 5. The first-order valence-corrected chi connectivity index (χ1v) is 20.5. The second-order valence-corrected chi connectivity index (χ2v) is 15.7. The molecule has 3 heteroatoms. The first-order valence-electron chi connectivity index (χ1n) is 20.5. The van der Waals surface area contributed by atoms with Crippen LogP contribution in [-0.4, -0.2) is 9.97 Å². The van der Waals surface area contributed by atoms with Crippen molar-refractivity contribution in [2.75, 3.05) is 0 Å². The molecule has 0 amide bonds. The molecular weight excluding hydrogens is 729 g/mol. The van der Waals surface area contributed by atoms with Gasteiger partial charge in [-0.05, 0) is 85.6 Å². The third kappa shape index (κ3) is 5.30. The van der Waals surface area contributed by atoms with E-state index in [1.807, 2.05) is 24.3 Å². The first kappa shape index (κ1) is 34.2. The van der Waals surface area contributed by atoms with Crippen molar-refractivity contribution in [3.8, 4) is 78.8 Å². The molecule has 1 aliphatic carbocycles. The molecule has 0 radical (unpaired) electrons. The maximum Gasteiger partial charge on any atom is 0.160 e. The highest BCUT2D eigenvalue weighted by atomic mass is 16.5. The Labute approximate surface area is 348 Å². The molecule has 2 heterocycles. The lowest BCUT2D eigenvalue weighted by Gasteiger charge is -2.39. The van der Waals surface area contributed by atoms with Gasteiger partial charge in [-0.1, -0.05) is 188 Å². The van der Waals surface area contributed by atoms with Gasteiger partial charge >= 0.3 is 0 Å². The van der Waals surface area contributed by atoms with Crippen molar-refractivity contribution in [2.45, 2.75) is 5.41 Å². The minimum absolute atomic E-state index is 0.573. The third-order valence-electron chi connectivity index (χ3n) is 12.4. The molecule has 1 aromatic heterocycles. The maximum absolute atomic E-state index is 6.66. The maximum atomic E-state index is 6.66. The van der Waals surface area contributed by atoms with Crippen LogP contribution in [0.1, 0.15) is 22.3 Å². The topological polar surface area (TPSA) is 35.0 Å². The predicted octanol–water partition coefficient (Wildman–Crippen LogP) is 14.4. The quantitative estimate of drug-likeness (QED) is 0.175. The Morgan fingerprint density at radius 1 is 0.333 bits per heavy atom. The van der Waals surface area contributed by atoms with Gasteiger partial charge in [0.1, 0.15) is 11.5 Å². The van der Waals surface area contributed by atoms with E-state index in [1.165, 1.54) is 44.2 Å². The van der Waals surface area contributed by atoms with Crippen LogP contribution < -0.4 is 4.74 Å². The van der Waals surface area contributed by atoms with Crippen molar-refractivity contribution in [1.29, 1.82) is 0 Å². The molecule has 1 aliphatic heterocycles. The van der Waals surface area contributed by atoms with Gasteiger partial charge in [-0.3, -0.25) is 0 Å². The van der Waals surface area contributed by atoms with Gasteiger partial charge in [-0.25, -0.2) is 9.97 Å². The molecule has 0 saturated carbocycles. The molecule has 0 saturated heterocycles. The van der Waals surface area contributed by atoms with Crippen LogP contribution in [0.15, 0.2) is 218 Å². The first-order chi connectivity index (χ1) is 29.7. The average Bonchev–Trinajstić information content (AvgIpc) is 3.62. The lowest BCUT2D eigenvalue weighted by atomic mass is 9.66. The van der Waals surface area contributed by atoms with Gasteiger partial charge in [0.05, 0.1) is 16.8 Å². The molecular formula is C57H36N2O. The Kier molecular flexibility index (Phi) is 7.76. The van der Waals surface area contributed by atoms with Crippen molar-refractivity contribution < 1.29 is 4.74 Å². The van der Waals surface area contributed by atoms with E-state index in [0.29, 0.717) is 5.82 Å². The van der Waals surface area contributed by atoms with E-state index in [1.54, 1.807) is 0 Å². The highest BCUT2D eigenvalue weighted by Crippen LogP contribution is 2.63. The normalized spacial score (nSPS) is 12.9. The second-order valence-electron chi connectivity index (χ2n) is 15.7. The summed E-state index contributed by atoms with van der Waals surface area (Å²) in [5, 5.41) is 2.49. The summed E-state index contributed by atoms with van der Waals surface area (Å²) in [6.45, 7) is 0. The van der Waals surface area contributed by atoms with Gasteiger partial charge in [0, 0.05) is 27.8 Å². The van der Waals surface area contributed by atoms with Crippen LogP contribution in [0.2, 0.25) is 0 Å². The summed E-state index contributed by atoms with van der Waals surface area (Å²) in [5.41, 5.74) is 16.2. The number of nitrogens with zero attached hydrogens (tertiary/aromatic N) is 2. The molecule has 0 atom stereocenters. The Hall–Kier alpha value is -7.88. The van der Waals surface area contributed by atoms with Crippen molar-refractivity contribution in [3.63, 3.8) is 0 Å². The number of hydrogen-bond donors (Lipinski definition) is 0. The Balaban J connectivity index is 1.03. The van der Waals surface area contributed by atoms with Crippen LogP contribution in [0.5, 0.6) is 11.5 Å². The van der Waals surface area contributed by atoms with E-state index in [9.17, 15) is 0 Å². The Bertz CT molecular complexity index is 3240. The lowest BCUT2D eigenvalue weighted by molar-refractivity contribution is 0.436. The fourth-order valence-electron chi connectivity index (χ4n) is 9.63. The monoisotopic (exact) mass is 764 g/mol. The summed E-state index contributed by atoms with van der Waals surface area (Å²) in [6, 6.07) is 77.9. The Morgan fingerprint density at radius 3 is 1.63 bits per heavy atom. The second kappa shape index (κ2) is 13.6. The highest BCUT2D eigenvalue weighted by Gasteiger charge is 2.51. The SMILES string of the molecule is c1ccc(-c2ccc(-c3cc(-c4cccc(-c5ccc6c(c5)C5(c7ccccc7Oc7ccccc75)c5ccc7ccccc7c5-6)c4)nc(-c4ccccc4)n3)cc2)cc1. The van der Waals surface area contributed by atoms with Crippen LogP contribution in [-0.2, 0) is 5.41 Å². The minimum Gasteiger partial charge on any atom is -0.457 e. The lowest BCUT2D eigenvalue weighted by Crippen LogP contribution is -2.32. The molecule has 9 aromatic carbocycles. The van der Waals surface area contributed by atoms with Crippen molar-refractivity contribution in [1.82, 2.24) is 9.97 Å². The molecule has 10 aromatic rings. The van der Waals surface area contributed by atoms with E-state index in [4.69, 9.17) is 14.7 Å². The van der Waals surface area contributed by atoms with E-state index in [0.717, 1.165) is 61.8 Å². The Morgan fingerprint density at radius 2 is 0.883 bits per heavy atom. The summed E-state index contributed by atoms with van der Waals surface area (Å²) < 4.78 is 6.66. The molecule has 1 spiro atoms. The van der Waals surface area contributed by atoms with Crippen LogP contribution in [0.4, 0.5) is 0 Å². The van der Waals surface area contributed by atoms with Gasteiger partial charge < -0.3 is 4.74 Å². The molecule has 0 bridgehead atoms. The fraction of sp³-hybridized carbons (Fsp3) is 0.0175. The van der Waals surface area contributed by atoms with Gasteiger partial charge in [0.25, 0.3) is 0 Å². The number of hydrogen-bond acceptors (Lipinski definition) is 3. The van der Waals surface area contributed by atoms with Crippen LogP contribution >= 0.6 is 0 Å². The van der Waals surface area contributed by atoms with E-state index in [2.05, 4.69) is 194 Å². The summed E-state index contributed by atoms with van der Waals surface area (Å²) in [6.07, 6.45) is 0. The third-order valence-corrected chi connectivity index (χ3v) is 12.4. The smallest absolute Gasteiger partial charge is 0.160 e. The molecule has 2 aliphatic rings. The fourth-order valence-corrected chi connectivity index (χ4v) is 9.63. The minimum atomic E-state index is -0.573. The number of benzene rings is 9. The molecule has 0 unspecified atom stereocenters. The largest absolute Gasteiger partial charge is 0.457 e. The van der Waals surface area contributed by atoms with Crippen LogP contribution in [0, 0.1) is 0 Å². The van der Waals surface area contributed by atoms with E-state index >= 15 is 0 Å². The number of aromatic nitrogens is 2. The van der Waals surface area contributed by atoms with Crippen molar-refractivity contribution in [2.24, 2.45) is 0 Å². The summed E-state index contributed by atoms with van der Waals surface area (Å²) in [7, 11) is 0. The summed E-state index contributed by atoms with van der Waals surface area (Å²) in [5.74, 6) is 2.47. The van der Waals surface area contributed by atoms with Gasteiger partial charge in [-0.15, -0.1) is 0 Å². The summed E-state index contributed by atoms with van der Waals surface area (Å²) >= 11 is 0. The number of ether oxygens (including phenoxy) is 1. The molecule has 60 heavy (non-hydrogen) atoms. The molecule has 3 nitrogen and oxygen atoms in total. The number of fused-ring (bicyclic) bond motifs is 11. The van der Waals surface area contributed by atoms with Gasteiger partial charge in [0.15, 0.2) is 5.82 Å². The zero-order valence-corrected chi connectivity index (χ0v) is 32.6. The summed E-state index contributed by atoms with van der Waals surface area (Å²) in [4.78, 5) is 10.3. The molecule has 0 fully saturated rings. The molecule has 12 rings (SSSR count).